The van der Waals surface area contributed by atoms with Crippen molar-refractivity contribution >= 4 is 17.3 Å². The number of pyridine rings is 1. The molecule has 1 amide bonds. The summed E-state index contributed by atoms with van der Waals surface area (Å²) >= 11 is 0. The molecule has 0 atom stereocenters. The number of hydrogen-bond donors (Lipinski definition) is 1. The van der Waals surface area contributed by atoms with Gasteiger partial charge in [-0.15, -0.1) is 0 Å². The van der Waals surface area contributed by atoms with Crippen molar-refractivity contribution in [2.75, 3.05) is 5.32 Å². The van der Waals surface area contributed by atoms with Gasteiger partial charge >= 0.3 is 0 Å². The SMILES string of the molecule is CC(C)N(Cc1ccccc1)C(=O)c1cncc(Nc2ccccc2F)c1. The van der Waals surface area contributed by atoms with Gasteiger partial charge in [0, 0.05) is 18.8 Å². The van der Waals surface area contributed by atoms with Crippen LogP contribution in [-0.2, 0) is 6.54 Å². The van der Waals surface area contributed by atoms with E-state index in [0.717, 1.165) is 5.56 Å². The van der Waals surface area contributed by atoms with E-state index in [-0.39, 0.29) is 17.8 Å². The molecule has 0 fully saturated rings. The quantitative estimate of drug-likeness (QED) is 0.669. The number of hydrogen-bond acceptors (Lipinski definition) is 3. The molecule has 27 heavy (non-hydrogen) atoms. The van der Waals surface area contributed by atoms with Gasteiger partial charge in [-0.1, -0.05) is 42.5 Å². The van der Waals surface area contributed by atoms with Crippen LogP contribution >= 0.6 is 0 Å². The van der Waals surface area contributed by atoms with Gasteiger partial charge in [0.05, 0.1) is 23.1 Å². The summed E-state index contributed by atoms with van der Waals surface area (Å²) in [4.78, 5) is 19.0. The van der Waals surface area contributed by atoms with Crippen LogP contribution < -0.4 is 5.32 Å². The molecule has 3 rings (SSSR count). The van der Waals surface area contributed by atoms with Crippen molar-refractivity contribution in [2.24, 2.45) is 0 Å². The van der Waals surface area contributed by atoms with Gasteiger partial charge < -0.3 is 10.2 Å². The predicted molar refractivity (Wildman–Crippen MR) is 105 cm³/mol. The zero-order chi connectivity index (χ0) is 19.2. The Labute approximate surface area is 158 Å². The van der Waals surface area contributed by atoms with Crippen molar-refractivity contribution in [2.45, 2.75) is 26.4 Å². The summed E-state index contributed by atoms with van der Waals surface area (Å²) in [6, 6.07) is 18.0. The van der Waals surface area contributed by atoms with Crippen LogP contribution in [0.15, 0.2) is 73.1 Å². The van der Waals surface area contributed by atoms with Crippen LogP contribution in [0.5, 0.6) is 0 Å². The van der Waals surface area contributed by atoms with Gasteiger partial charge in [-0.05, 0) is 37.6 Å². The number of nitrogens with one attached hydrogen (secondary N) is 1. The molecule has 0 aliphatic rings. The molecule has 2 aromatic carbocycles. The smallest absolute Gasteiger partial charge is 0.256 e. The molecule has 1 aromatic heterocycles. The highest BCUT2D eigenvalue weighted by atomic mass is 19.1. The van der Waals surface area contributed by atoms with E-state index in [1.807, 2.05) is 44.2 Å². The van der Waals surface area contributed by atoms with E-state index in [2.05, 4.69) is 10.3 Å². The van der Waals surface area contributed by atoms with Gasteiger partial charge in [0.1, 0.15) is 5.82 Å². The minimum absolute atomic E-state index is 0.0286. The Morgan fingerprint density at radius 1 is 1.07 bits per heavy atom. The fourth-order valence-corrected chi connectivity index (χ4v) is 2.78. The van der Waals surface area contributed by atoms with Gasteiger partial charge in [-0.3, -0.25) is 9.78 Å². The van der Waals surface area contributed by atoms with E-state index in [4.69, 9.17) is 0 Å². The number of amides is 1. The minimum Gasteiger partial charge on any atom is -0.352 e. The lowest BCUT2D eigenvalue weighted by molar-refractivity contribution is 0.0690. The summed E-state index contributed by atoms with van der Waals surface area (Å²) < 4.78 is 13.9. The van der Waals surface area contributed by atoms with E-state index in [1.54, 1.807) is 35.4 Å². The standard InChI is InChI=1S/C22H22FN3O/c1-16(2)26(15-17-8-4-3-5-9-17)22(27)18-12-19(14-24-13-18)25-21-11-7-6-10-20(21)23/h3-14,16,25H,15H2,1-2H3. The summed E-state index contributed by atoms with van der Waals surface area (Å²) in [7, 11) is 0. The molecular weight excluding hydrogens is 341 g/mol. The van der Waals surface area contributed by atoms with Crippen LogP contribution in [0.2, 0.25) is 0 Å². The zero-order valence-electron chi connectivity index (χ0n) is 15.4. The summed E-state index contributed by atoms with van der Waals surface area (Å²) in [5.41, 5.74) is 2.43. The largest absolute Gasteiger partial charge is 0.352 e. The lowest BCUT2D eigenvalue weighted by Crippen LogP contribution is -2.36. The van der Waals surface area contributed by atoms with Crippen molar-refractivity contribution < 1.29 is 9.18 Å². The van der Waals surface area contributed by atoms with Crippen molar-refractivity contribution in [3.05, 3.63) is 90.0 Å². The van der Waals surface area contributed by atoms with E-state index >= 15 is 0 Å². The molecule has 4 nitrogen and oxygen atoms in total. The molecule has 0 bridgehead atoms. The molecule has 0 unspecified atom stereocenters. The van der Waals surface area contributed by atoms with Crippen LogP contribution in [0, 0.1) is 5.82 Å². The first kappa shape index (κ1) is 18.6. The van der Waals surface area contributed by atoms with E-state index in [9.17, 15) is 9.18 Å². The second kappa shape index (κ2) is 8.45. The molecule has 0 aliphatic carbocycles. The maximum atomic E-state index is 13.9. The number of carbonyl (C=O) groups excluding carboxylic acids is 1. The van der Waals surface area contributed by atoms with Gasteiger partial charge in [0.2, 0.25) is 0 Å². The molecule has 5 heteroatoms. The average molecular weight is 363 g/mol. The summed E-state index contributed by atoms with van der Waals surface area (Å²) in [5.74, 6) is -0.472. The molecule has 1 heterocycles. The highest BCUT2D eigenvalue weighted by Crippen LogP contribution is 2.21. The van der Waals surface area contributed by atoms with Crippen LogP contribution in [0.3, 0.4) is 0 Å². The number of benzene rings is 2. The fraction of sp³-hybridized carbons (Fsp3) is 0.182. The number of halogens is 1. The third kappa shape index (κ3) is 4.70. The number of anilines is 2. The van der Waals surface area contributed by atoms with Crippen molar-refractivity contribution in [3.63, 3.8) is 0 Å². The molecule has 0 saturated carbocycles. The topological polar surface area (TPSA) is 45.2 Å². The third-order valence-electron chi connectivity index (χ3n) is 4.22. The summed E-state index contributed by atoms with van der Waals surface area (Å²) in [6.07, 6.45) is 3.11. The van der Waals surface area contributed by atoms with Crippen LogP contribution in [-0.4, -0.2) is 21.8 Å². The second-order valence-corrected chi connectivity index (χ2v) is 6.58. The molecule has 0 radical (unpaired) electrons. The van der Waals surface area contributed by atoms with Crippen molar-refractivity contribution in [1.29, 1.82) is 0 Å². The Bertz CT molecular complexity index is 912. The first-order valence-corrected chi connectivity index (χ1v) is 8.86. The second-order valence-electron chi connectivity index (χ2n) is 6.58. The van der Waals surface area contributed by atoms with Crippen LogP contribution in [0.25, 0.3) is 0 Å². The minimum atomic E-state index is -0.359. The molecular formula is C22H22FN3O. The third-order valence-corrected chi connectivity index (χ3v) is 4.22. The number of rotatable bonds is 6. The molecule has 0 saturated heterocycles. The molecule has 0 spiro atoms. The van der Waals surface area contributed by atoms with E-state index < -0.39 is 0 Å². The average Bonchev–Trinajstić information content (AvgIpc) is 2.68. The van der Waals surface area contributed by atoms with Crippen molar-refractivity contribution in [3.8, 4) is 0 Å². The predicted octanol–water partition coefficient (Wildman–Crippen LogP) is 5.02. The number of para-hydroxylation sites is 1. The normalized spacial score (nSPS) is 10.7. The number of aromatic nitrogens is 1. The lowest BCUT2D eigenvalue weighted by atomic mass is 10.1. The lowest BCUT2D eigenvalue weighted by Gasteiger charge is -2.27. The van der Waals surface area contributed by atoms with Crippen molar-refractivity contribution in [1.82, 2.24) is 9.88 Å². The molecule has 138 valence electrons. The Morgan fingerprint density at radius 3 is 2.48 bits per heavy atom. The maximum Gasteiger partial charge on any atom is 0.256 e. The Kier molecular flexibility index (Phi) is 5.81. The Morgan fingerprint density at radius 2 is 1.78 bits per heavy atom. The van der Waals surface area contributed by atoms with Gasteiger partial charge in [-0.2, -0.15) is 0 Å². The van der Waals surface area contributed by atoms with Gasteiger partial charge in [0.25, 0.3) is 5.91 Å². The molecule has 1 N–H and O–H groups in total. The van der Waals surface area contributed by atoms with E-state index in [0.29, 0.717) is 23.5 Å². The molecule has 3 aromatic rings. The van der Waals surface area contributed by atoms with Gasteiger partial charge in [0.15, 0.2) is 0 Å². The Balaban J connectivity index is 1.81. The monoisotopic (exact) mass is 363 g/mol. The first-order valence-electron chi connectivity index (χ1n) is 8.86. The van der Waals surface area contributed by atoms with Crippen LogP contribution in [0.4, 0.5) is 15.8 Å². The Hall–Kier alpha value is -3.21. The summed E-state index contributed by atoms with van der Waals surface area (Å²) in [5, 5.41) is 2.98. The molecule has 0 aliphatic heterocycles. The van der Waals surface area contributed by atoms with Crippen LogP contribution in [0.1, 0.15) is 29.8 Å². The number of carbonyl (C=O) groups is 1. The van der Waals surface area contributed by atoms with E-state index in [1.165, 1.54) is 12.3 Å². The van der Waals surface area contributed by atoms with Gasteiger partial charge in [-0.25, -0.2) is 4.39 Å². The fourth-order valence-electron chi connectivity index (χ4n) is 2.78. The maximum absolute atomic E-state index is 13.9. The first-order chi connectivity index (χ1) is 13.0. The summed E-state index contributed by atoms with van der Waals surface area (Å²) in [6.45, 7) is 4.48. The highest BCUT2D eigenvalue weighted by molar-refractivity contribution is 5.95. The number of nitrogens with zero attached hydrogens (tertiary/aromatic N) is 2. The highest BCUT2D eigenvalue weighted by Gasteiger charge is 2.20. The zero-order valence-corrected chi connectivity index (χ0v) is 15.4.